The van der Waals surface area contributed by atoms with Crippen molar-refractivity contribution in [2.24, 2.45) is 5.73 Å². The summed E-state index contributed by atoms with van der Waals surface area (Å²) in [7, 11) is 0. The number of anilines is 1. The molecule has 1 unspecified atom stereocenters. The molecule has 0 saturated carbocycles. The van der Waals surface area contributed by atoms with Crippen LogP contribution in [0.3, 0.4) is 0 Å². The van der Waals surface area contributed by atoms with Gasteiger partial charge in [0.2, 0.25) is 5.91 Å². The summed E-state index contributed by atoms with van der Waals surface area (Å²) in [4.78, 5) is 12.5. The van der Waals surface area contributed by atoms with Crippen LogP contribution in [0.1, 0.15) is 11.6 Å². The Bertz CT molecular complexity index is 706. The molecule has 6 heteroatoms. The van der Waals surface area contributed by atoms with Gasteiger partial charge in [-0.1, -0.05) is 17.8 Å². The number of carbonyl (C=O) groups is 1. The molecule has 2 aromatic carbocycles. The standard InChI is InChI=1S/C14H10F2N2OS/c15-7-1-4-12(10(16)5-7)20-8-2-3-9-11(6-8)18-14(19)13(9)17/h1-6,13H,17H2,(H,18,19). The Morgan fingerprint density at radius 3 is 2.70 bits per heavy atom. The van der Waals surface area contributed by atoms with Crippen LogP contribution in [0.15, 0.2) is 46.2 Å². The minimum absolute atomic E-state index is 0.255. The SMILES string of the molecule is NC1C(=O)Nc2cc(Sc3ccc(F)cc3F)ccc21. The van der Waals surface area contributed by atoms with Crippen molar-refractivity contribution in [1.29, 1.82) is 0 Å². The molecule has 0 saturated heterocycles. The second kappa shape index (κ2) is 4.88. The molecule has 3 nitrogen and oxygen atoms in total. The molecule has 3 rings (SSSR count). The molecule has 1 aliphatic heterocycles. The normalized spacial score (nSPS) is 16.9. The number of carbonyl (C=O) groups excluding carboxylic acids is 1. The second-order valence-electron chi connectivity index (χ2n) is 4.39. The summed E-state index contributed by atoms with van der Waals surface area (Å²) in [5, 5.41) is 2.67. The van der Waals surface area contributed by atoms with Gasteiger partial charge < -0.3 is 11.1 Å². The van der Waals surface area contributed by atoms with Gasteiger partial charge in [0.15, 0.2) is 0 Å². The van der Waals surface area contributed by atoms with Crippen LogP contribution in [0.25, 0.3) is 0 Å². The number of hydrogen-bond acceptors (Lipinski definition) is 3. The van der Waals surface area contributed by atoms with Gasteiger partial charge in [-0.2, -0.15) is 0 Å². The van der Waals surface area contributed by atoms with Crippen molar-refractivity contribution in [2.75, 3.05) is 5.32 Å². The molecular formula is C14H10F2N2OS. The fourth-order valence-electron chi connectivity index (χ4n) is 2.01. The van der Waals surface area contributed by atoms with E-state index in [0.717, 1.165) is 28.3 Å². The van der Waals surface area contributed by atoms with Gasteiger partial charge in [-0.25, -0.2) is 8.78 Å². The van der Waals surface area contributed by atoms with Crippen LogP contribution in [-0.2, 0) is 4.79 Å². The second-order valence-corrected chi connectivity index (χ2v) is 5.51. The van der Waals surface area contributed by atoms with Crippen LogP contribution < -0.4 is 11.1 Å². The number of fused-ring (bicyclic) bond motifs is 1. The zero-order chi connectivity index (χ0) is 14.3. The minimum atomic E-state index is -0.661. The molecular weight excluding hydrogens is 282 g/mol. The maximum absolute atomic E-state index is 13.6. The average Bonchev–Trinajstić information content (AvgIpc) is 2.68. The fraction of sp³-hybridized carbons (Fsp3) is 0.0714. The van der Waals surface area contributed by atoms with Crippen molar-refractivity contribution in [1.82, 2.24) is 0 Å². The number of benzene rings is 2. The average molecular weight is 292 g/mol. The molecule has 102 valence electrons. The largest absolute Gasteiger partial charge is 0.324 e. The van der Waals surface area contributed by atoms with Gasteiger partial charge in [0.1, 0.15) is 17.7 Å². The highest BCUT2D eigenvalue weighted by atomic mass is 32.2. The number of halogens is 2. The monoisotopic (exact) mass is 292 g/mol. The van der Waals surface area contributed by atoms with E-state index in [0.29, 0.717) is 10.6 Å². The van der Waals surface area contributed by atoms with Crippen molar-refractivity contribution < 1.29 is 13.6 Å². The Balaban J connectivity index is 1.90. The topological polar surface area (TPSA) is 55.1 Å². The Morgan fingerprint density at radius 1 is 1.15 bits per heavy atom. The molecule has 0 bridgehead atoms. The molecule has 1 aliphatic rings. The molecule has 0 aliphatic carbocycles. The van der Waals surface area contributed by atoms with Gasteiger partial charge in [0.05, 0.1) is 0 Å². The highest BCUT2D eigenvalue weighted by Gasteiger charge is 2.27. The van der Waals surface area contributed by atoms with Crippen molar-refractivity contribution in [2.45, 2.75) is 15.8 Å². The van der Waals surface area contributed by atoms with Gasteiger partial charge >= 0.3 is 0 Å². The van der Waals surface area contributed by atoms with Gasteiger partial charge in [0, 0.05) is 27.1 Å². The van der Waals surface area contributed by atoms with Gasteiger partial charge in [-0.05, 0) is 24.3 Å². The zero-order valence-electron chi connectivity index (χ0n) is 10.2. The van der Waals surface area contributed by atoms with Crippen molar-refractivity contribution in [3.8, 4) is 0 Å². The molecule has 1 amide bonds. The zero-order valence-corrected chi connectivity index (χ0v) is 11.0. The first-order valence-electron chi connectivity index (χ1n) is 5.88. The van der Waals surface area contributed by atoms with E-state index in [9.17, 15) is 13.6 Å². The molecule has 0 fully saturated rings. The molecule has 1 heterocycles. The van der Waals surface area contributed by atoms with E-state index in [-0.39, 0.29) is 5.91 Å². The first kappa shape index (κ1) is 13.1. The molecule has 0 radical (unpaired) electrons. The Kier molecular flexibility index (Phi) is 3.19. The first-order chi connectivity index (χ1) is 9.54. The maximum Gasteiger partial charge on any atom is 0.245 e. The molecule has 3 N–H and O–H groups in total. The summed E-state index contributed by atoms with van der Waals surface area (Å²) in [6, 6.07) is 7.99. The van der Waals surface area contributed by atoms with E-state index in [1.54, 1.807) is 18.2 Å². The molecule has 0 aromatic heterocycles. The fourth-order valence-corrected chi connectivity index (χ4v) is 2.87. The van der Waals surface area contributed by atoms with E-state index in [4.69, 9.17) is 5.73 Å². The van der Waals surface area contributed by atoms with Crippen molar-refractivity contribution >= 4 is 23.4 Å². The quantitative estimate of drug-likeness (QED) is 0.894. The molecule has 2 aromatic rings. The Labute approximate surface area is 118 Å². The lowest BCUT2D eigenvalue weighted by atomic mass is 10.1. The van der Waals surface area contributed by atoms with Crippen LogP contribution in [-0.4, -0.2) is 5.91 Å². The van der Waals surface area contributed by atoms with Crippen LogP contribution >= 0.6 is 11.8 Å². The highest BCUT2D eigenvalue weighted by Crippen LogP contribution is 2.36. The predicted molar refractivity (Wildman–Crippen MR) is 72.5 cm³/mol. The van der Waals surface area contributed by atoms with Crippen molar-refractivity contribution in [3.63, 3.8) is 0 Å². The summed E-state index contributed by atoms with van der Waals surface area (Å²) in [6.07, 6.45) is 0. The lowest BCUT2D eigenvalue weighted by Gasteiger charge is -2.06. The van der Waals surface area contributed by atoms with E-state index < -0.39 is 17.7 Å². The van der Waals surface area contributed by atoms with Crippen LogP contribution in [0.4, 0.5) is 14.5 Å². The summed E-state index contributed by atoms with van der Waals surface area (Å²) in [5.74, 6) is -1.48. The van der Waals surface area contributed by atoms with E-state index >= 15 is 0 Å². The Morgan fingerprint density at radius 2 is 1.95 bits per heavy atom. The highest BCUT2D eigenvalue weighted by molar-refractivity contribution is 7.99. The van der Waals surface area contributed by atoms with E-state index in [2.05, 4.69) is 5.32 Å². The summed E-state index contributed by atoms with van der Waals surface area (Å²) in [6.45, 7) is 0. The molecule has 20 heavy (non-hydrogen) atoms. The van der Waals surface area contributed by atoms with Gasteiger partial charge in [0.25, 0.3) is 0 Å². The van der Waals surface area contributed by atoms with Gasteiger partial charge in [-0.3, -0.25) is 4.79 Å². The van der Waals surface area contributed by atoms with Crippen LogP contribution in [0.5, 0.6) is 0 Å². The van der Waals surface area contributed by atoms with Crippen LogP contribution in [0.2, 0.25) is 0 Å². The number of nitrogens with two attached hydrogens (primary N) is 1. The molecule has 1 atom stereocenters. The van der Waals surface area contributed by atoms with E-state index in [1.807, 2.05) is 0 Å². The number of hydrogen-bond donors (Lipinski definition) is 2. The third-order valence-electron chi connectivity index (χ3n) is 3.02. The Hall–Kier alpha value is -1.92. The van der Waals surface area contributed by atoms with E-state index in [1.165, 1.54) is 12.1 Å². The third-order valence-corrected chi connectivity index (χ3v) is 4.06. The van der Waals surface area contributed by atoms with Crippen LogP contribution in [0, 0.1) is 11.6 Å². The first-order valence-corrected chi connectivity index (χ1v) is 6.69. The summed E-state index contributed by atoms with van der Waals surface area (Å²) < 4.78 is 26.4. The molecule has 0 spiro atoms. The summed E-state index contributed by atoms with van der Waals surface area (Å²) >= 11 is 1.16. The third kappa shape index (κ3) is 2.28. The minimum Gasteiger partial charge on any atom is -0.324 e. The summed E-state index contributed by atoms with van der Waals surface area (Å²) in [5.41, 5.74) is 7.07. The number of nitrogens with one attached hydrogen (secondary N) is 1. The predicted octanol–water partition coefficient (Wildman–Crippen LogP) is 3.07. The lowest BCUT2D eigenvalue weighted by molar-refractivity contribution is -0.116. The van der Waals surface area contributed by atoms with Gasteiger partial charge in [-0.15, -0.1) is 0 Å². The lowest BCUT2D eigenvalue weighted by Crippen LogP contribution is -2.19. The maximum atomic E-state index is 13.6. The van der Waals surface area contributed by atoms with Crippen molar-refractivity contribution in [3.05, 3.63) is 53.6 Å². The number of amides is 1. The smallest absolute Gasteiger partial charge is 0.245 e. The number of rotatable bonds is 2.